The highest BCUT2D eigenvalue weighted by molar-refractivity contribution is 5.85. The van der Waals surface area contributed by atoms with Crippen LogP contribution in [0.15, 0.2) is 36.5 Å². The van der Waals surface area contributed by atoms with Crippen molar-refractivity contribution in [2.45, 2.75) is 31.8 Å². The van der Waals surface area contributed by atoms with E-state index >= 15 is 0 Å². The van der Waals surface area contributed by atoms with Gasteiger partial charge in [-0.05, 0) is 31.9 Å². The summed E-state index contributed by atoms with van der Waals surface area (Å²) in [6.07, 6.45) is 1.56. The molecule has 0 saturated carbocycles. The Labute approximate surface area is 151 Å². The first-order chi connectivity index (χ1) is 12.4. The molecule has 1 aliphatic rings. The molecule has 0 aliphatic carbocycles. The number of benzene rings is 1. The molecule has 2 aromatic rings. The van der Waals surface area contributed by atoms with Crippen molar-refractivity contribution in [3.8, 4) is 5.75 Å². The number of H-pyrrole nitrogens is 1. The lowest BCUT2D eigenvalue weighted by molar-refractivity contribution is -0.145. The molecule has 8 nitrogen and oxygen atoms in total. The predicted octanol–water partition coefficient (Wildman–Crippen LogP) is 1.68. The fourth-order valence-corrected chi connectivity index (χ4v) is 3.40. The maximum atomic E-state index is 13.0. The van der Waals surface area contributed by atoms with Crippen LogP contribution < -0.4 is 4.74 Å². The SMILES string of the molecule is CC(C)(Oc1ccccc1)C(=O)N1C[C@H](CC(=O)O)[C@H](c2cn[nH]n2)C1. The molecule has 0 bridgehead atoms. The summed E-state index contributed by atoms with van der Waals surface area (Å²) < 4.78 is 5.88. The van der Waals surface area contributed by atoms with Crippen molar-refractivity contribution in [3.63, 3.8) is 0 Å². The molecule has 1 fully saturated rings. The Hall–Kier alpha value is -2.90. The van der Waals surface area contributed by atoms with Crippen molar-refractivity contribution in [1.29, 1.82) is 0 Å². The molecule has 0 spiro atoms. The third-order valence-electron chi connectivity index (χ3n) is 4.61. The van der Waals surface area contributed by atoms with E-state index in [4.69, 9.17) is 4.74 Å². The topological polar surface area (TPSA) is 108 Å². The summed E-state index contributed by atoms with van der Waals surface area (Å²) >= 11 is 0. The summed E-state index contributed by atoms with van der Waals surface area (Å²) in [5.74, 6) is -0.837. The van der Waals surface area contributed by atoms with Crippen LogP contribution in [0.5, 0.6) is 5.75 Å². The van der Waals surface area contributed by atoms with Crippen LogP contribution in [0.2, 0.25) is 0 Å². The van der Waals surface area contributed by atoms with Gasteiger partial charge in [0.25, 0.3) is 5.91 Å². The number of ether oxygens (including phenoxy) is 1. The van der Waals surface area contributed by atoms with Gasteiger partial charge in [-0.3, -0.25) is 9.59 Å². The van der Waals surface area contributed by atoms with E-state index in [1.165, 1.54) is 0 Å². The molecular formula is C18H22N4O4. The van der Waals surface area contributed by atoms with E-state index in [9.17, 15) is 14.7 Å². The van der Waals surface area contributed by atoms with Crippen LogP contribution in [0.4, 0.5) is 0 Å². The molecule has 0 radical (unpaired) electrons. The van der Waals surface area contributed by atoms with Crippen molar-refractivity contribution in [3.05, 3.63) is 42.2 Å². The van der Waals surface area contributed by atoms with Gasteiger partial charge in [0.15, 0.2) is 5.60 Å². The first kappa shape index (κ1) is 17.9. The first-order valence-corrected chi connectivity index (χ1v) is 8.47. The predicted molar refractivity (Wildman–Crippen MR) is 92.6 cm³/mol. The normalized spacial score (nSPS) is 20.2. The molecule has 1 saturated heterocycles. The highest BCUT2D eigenvalue weighted by atomic mass is 16.5. The van der Waals surface area contributed by atoms with Gasteiger partial charge in [-0.25, -0.2) is 0 Å². The molecule has 2 atom stereocenters. The Morgan fingerprint density at radius 1 is 1.31 bits per heavy atom. The van der Waals surface area contributed by atoms with Gasteiger partial charge in [-0.1, -0.05) is 18.2 Å². The number of likely N-dealkylation sites (tertiary alicyclic amines) is 1. The summed E-state index contributed by atoms with van der Waals surface area (Å²) in [5.41, 5.74) is -0.387. The molecular weight excluding hydrogens is 336 g/mol. The van der Waals surface area contributed by atoms with E-state index < -0.39 is 11.6 Å². The van der Waals surface area contributed by atoms with Crippen LogP contribution >= 0.6 is 0 Å². The highest BCUT2D eigenvalue weighted by Crippen LogP contribution is 2.35. The van der Waals surface area contributed by atoms with E-state index in [0.717, 1.165) is 0 Å². The Kier molecular flexibility index (Phi) is 4.92. The van der Waals surface area contributed by atoms with Gasteiger partial charge in [0.1, 0.15) is 5.75 Å². The zero-order chi connectivity index (χ0) is 18.7. The lowest BCUT2D eigenvalue weighted by Crippen LogP contribution is -2.48. The molecule has 8 heteroatoms. The molecule has 3 rings (SSSR count). The fraction of sp³-hybridized carbons (Fsp3) is 0.444. The lowest BCUT2D eigenvalue weighted by Gasteiger charge is -2.30. The third-order valence-corrected chi connectivity index (χ3v) is 4.61. The minimum Gasteiger partial charge on any atom is -0.481 e. The quantitative estimate of drug-likeness (QED) is 0.813. The highest BCUT2D eigenvalue weighted by Gasteiger charge is 2.43. The summed E-state index contributed by atoms with van der Waals surface area (Å²) in [4.78, 5) is 25.9. The standard InChI is InChI=1S/C18H22N4O4/c1-18(2,26-13-6-4-3-5-7-13)17(25)22-10-12(8-16(23)24)14(11-22)15-9-19-21-20-15/h3-7,9,12,14H,8,10-11H2,1-2H3,(H,23,24)(H,19,20,21)/t12-,14+/m0/s1. The number of carbonyl (C=O) groups is 2. The summed E-state index contributed by atoms with van der Waals surface area (Å²) in [7, 11) is 0. The monoisotopic (exact) mass is 358 g/mol. The molecule has 1 aromatic carbocycles. The van der Waals surface area contributed by atoms with Crippen LogP contribution in [-0.4, -0.2) is 56.0 Å². The maximum absolute atomic E-state index is 13.0. The first-order valence-electron chi connectivity index (χ1n) is 8.47. The van der Waals surface area contributed by atoms with E-state index in [0.29, 0.717) is 24.5 Å². The Morgan fingerprint density at radius 2 is 2.04 bits per heavy atom. The number of para-hydroxylation sites is 1. The lowest BCUT2D eigenvalue weighted by atomic mass is 9.91. The molecule has 138 valence electrons. The van der Waals surface area contributed by atoms with Crippen molar-refractivity contribution >= 4 is 11.9 Å². The van der Waals surface area contributed by atoms with Crippen molar-refractivity contribution in [2.75, 3.05) is 13.1 Å². The van der Waals surface area contributed by atoms with Crippen LogP contribution in [0.3, 0.4) is 0 Å². The molecule has 2 N–H and O–H groups in total. The van der Waals surface area contributed by atoms with Gasteiger partial charge >= 0.3 is 5.97 Å². The summed E-state index contributed by atoms with van der Waals surface area (Å²) in [5, 5.41) is 19.6. The second-order valence-electron chi connectivity index (χ2n) is 6.99. The maximum Gasteiger partial charge on any atom is 0.303 e. The number of aromatic nitrogens is 3. The van der Waals surface area contributed by atoms with Crippen LogP contribution in [0.1, 0.15) is 31.9 Å². The second kappa shape index (κ2) is 7.15. The number of carboxylic acid groups (broad SMARTS) is 1. The van der Waals surface area contributed by atoms with Crippen molar-refractivity contribution < 1.29 is 19.4 Å². The number of hydrogen-bond acceptors (Lipinski definition) is 5. The van der Waals surface area contributed by atoms with Gasteiger partial charge < -0.3 is 14.7 Å². The zero-order valence-electron chi connectivity index (χ0n) is 14.8. The van der Waals surface area contributed by atoms with Gasteiger partial charge in [-0.2, -0.15) is 15.4 Å². The number of nitrogens with one attached hydrogen (secondary N) is 1. The summed E-state index contributed by atoms with van der Waals surface area (Å²) in [6.45, 7) is 4.19. The van der Waals surface area contributed by atoms with Crippen molar-refractivity contribution in [2.24, 2.45) is 5.92 Å². The van der Waals surface area contributed by atoms with E-state index in [1.54, 1.807) is 37.1 Å². The smallest absolute Gasteiger partial charge is 0.303 e. The van der Waals surface area contributed by atoms with E-state index in [2.05, 4.69) is 15.4 Å². The van der Waals surface area contributed by atoms with Gasteiger partial charge in [0.05, 0.1) is 18.3 Å². The molecule has 2 heterocycles. The third kappa shape index (κ3) is 3.84. The van der Waals surface area contributed by atoms with Crippen LogP contribution in [0.25, 0.3) is 0 Å². The summed E-state index contributed by atoms with van der Waals surface area (Å²) in [6, 6.07) is 9.15. The van der Waals surface area contributed by atoms with Crippen LogP contribution in [0, 0.1) is 5.92 Å². The van der Waals surface area contributed by atoms with Crippen LogP contribution in [-0.2, 0) is 9.59 Å². The number of rotatable bonds is 6. The van der Waals surface area contributed by atoms with Gasteiger partial charge in [0.2, 0.25) is 0 Å². The average molecular weight is 358 g/mol. The van der Waals surface area contributed by atoms with Gasteiger partial charge in [0, 0.05) is 19.0 Å². The largest absolute Gasteiger partial charge is 0.481 e. The molecule has 1 aromatic heterocycles. The number of aliphatic carboxylic acids is 1. The minimum atomic E-state index is -1.06. The number of amides is 1. The number of carboxylic acids is 1. The van der Waals surface area contributed by atoms with Gasteiger partial charge in [-0.15, -0.1) is 0 Å². The number of hydrogen-bond donors (Lipinski definition) is 2. The van der Waals surface area contributed by atoms with E-state index in [-0.39, 0.29) is 24.2 Å². The minimum absolute atomic E-state index is 0.0265. The Balaban J connectivity index is 1.75. The zero-order valence-corrected chi connectivity index (χ0v) is 14.8. The number of aromatic amines is 1. The average Bonchev–Trinajstić information content (AvgIpc) is 3.23. The Bertz CT molecular complexity index is 761. The number of carbonyl (C=O) groups excluding carboxylic acids is 1. The second-order valence-corrected chi connectivity index (χ2v) is 6.99. The molecule has 0 unspecified atom stereocenters. The Morgan fingerprint density at radius 3 is 2.65 bits per heavy atom. The van der Waals surface area contributed by atoms with Crippen molar-refractivity contribution in [1.82, 2.24) is 20.3 Å². The molecule has 1 aliphatic heterocycles. The fourth-order valence-electron chi connectivity index (χ4n) is 3.40. The van der Waals surface area contributed by atoms with E-state index in [1.807, 2.05) is 18.2 Å². The molecule has 1 amide bonds. The molecule has 26 heavy (non-hydrogen) atoms. The number of nitrogens with zero attached hydrogens (tertiary/aromatic N) is 3.